The molecule has 6 nitrogen and oxygen atoms in total. The van der Waals surface area contributed by atoms with Gasteiger partial charge in [0.05, 0.1) is 7.11 Å². The van der Waals surface area contributed by atoms with Crippen LogP contribution in [0.5, 0.6) is 5.75 Å². The van der Waals surface area contributed by atoms with Crippen LogP contribution in [0, 0.1) is 0 Å². The number of ether oxygens (including phenoxy) is 1. The number of halogens is 1. The minimum absolute atomic E-state index is 0.0901. The maximum Gasteiger partial charge on any atom is 0.251 e. The fourth-order valence-electron chi connectivity index (χ4n) is 2.03. The number of carbonyl (C=O) groups is 1. The van der Waals surface area contributed by atoms with Gasteiger partial charge >= 0.3 is 0 Å². The zero-order chi connectivity index (χ0) is 17.7. The van der Waals surface area contributed by atoms with Crippen LogP contribution in [0.3, 0.4) is 0 Å². The molecule has 0 aliphatic heterocycles. The topological polar surface area (TPSA) is 84.5 Å². The van der Waals surface area contributed by atoms with Crippen LogP contribution in [0.25, 0.3) is 0 Å². The second kappa shape index (κ2) is 7.65. The minimum Gasteiger partial charge on any atom is -0.495 e. The van der Waals surface area contributed by atoms with Gasteiger partial charge in [-0.1, -0.05) is 23.7 Å². The van der Waals surface area contributed by atoms with Crippen molar-refractivity contribution in [3.05, 3.63) is 58.6 Å². The molecule has 0 atom stereocenters. The van der Waals surface area contributed by atoms with E-state index in [-0.39, 0.29) is 28.7 Å². The van der Waals surface area contributed by atoms with E-state index in [2.05, 4.69) is 10.0 Å². The Labute approximate surface area is 145 Å². The molecule has 0 saturated carbocycles. The predicted octanol–water partition coefficient (Wildman–Crippen LogP) is 2.19. The molecule has 0 spiro atoms. The molecule has 128 valence electrons. The Balaban J connectivity index is 2.29. The fourth-order valence-corrected chi connectivity index (χ4v) is 3.37. The lowest BCUT2D eigenvalue weighted by atomic mass is 10.2. The first-order chi connectivity index (χ1) is 11.4. The first-order valence-corrected chi connectivity index (χ1v) is 8.87. The molecule has 0 heterocycles. The van der Waals surface area contributed by atoms with Crippen molar-refractivity contribution in [3.63, 3.8) is 0 Å². The SMILES string of the molecule is CNC(=O)c1ccc(OC)c(S(=O)(=O)NCc2ccc(Cl)cc2)c1. The molecule has 0 saturated heterocycles. The zero-order valence-corrected chi connectivity index (χ0v) is 14.7. The molecule has 2 N–H and O–H groups in total. The van der Waals surface area contributed by atoms with Gasteiger partial charge in [-0.15, -0.1) is 0 Å². The fraction of sp³-hybridized carbons (Fsp3) is 0.188. The summed E-state index contributed by atoms with van der Waals surface area (Å²) in [7, 11) is -1.02. The molecule has 24 heavy (non-hydrogen) atoms. The van der Waals surface area contributed by atoms with Crippen molar-refractivity contribution in [2.45, 2.75) is 11.4 Å². The number of methoxy groups -OCH3 is 1. The highest BCUT2D eigenvalue weighted by Gasteiger charge is 2.21. The summed E-state index contributed by atoms with van der Waals surface area (Å²) >= 11 is 5.80. The molecule has 0 fully saturated rings. The van der Waals surface area contributed by atoms with E-state index in [4.69, 9.17) is 16.3 Å². The van der Waals surface area contributed by atoms with Crippen LogP contribution in [0.4, 0.5) is 0 Å². The summed E-state index contributed by atoms with van der Waals surface area (Å²) < 4.78 is 32.7. The van der Waals surface area contributed by atoms with Gasteiger partial charge in [-0.05, 0) is 35.9 Å². The first-order valence-electron chi connectivity index (χ1n) is 7.01. The van der Waals surface area contributed by atoms with E-state index >= 15 is 0 Å². The van der Waals surface area contributed by atoms with Crippen molar-refractivity contribution in [2.24, 2.45) is 0 Å². The highest BCUT2D eigenvalue weighted by Crippen LogP contribution is 2.25. The van der Waals surface area contributed by atoms with Gasteiger partial charge in [0.25, 0.3) is 5.91 Å². The van der Waals surface area contributed by atoms with Gasteiger partial charge in [0.15, 0.2) is 0 Å². The van der Waals surface area contributed by atoms with E-state index in [9.17, 15) is 13.2 Å². The third kappa shape index (κ3) is 4.25. The van der Waals surface area contributed by atoms with Crippen LogP contribution < -0.4 is 14.8 Å². The van der Waals surface area contributed by atoms with E-state index in [1.54, 1.807) is 24.3 Å². The van der Waals surface area contributed by atoms with Gasteiger partial charge < -0.3 is 10.1 Å². The van der Waals surface area contributed by atoms with Crippen molar-refractivity contribution in [2.75, 3.05) is 14.2 Å². The second-order valence-electron chi connectivity index (χ2n) is 4.90. The normalized spacial score (nSPS) is 11.1. The lowest BCUT2D eigenvalue weighted by Crippen LogP contribution is -2.25. The molecule has 0 radical (unpaired) electrons. The smallest absolute Gasteiger partial charge is 0.251 e. The lowest BCUT2D eigenvalue weighted by molar-refractivity contribution is 0.0963. The number of benzene rings is 2. The number of hydrogen-bond donors (Lipinski definition) is 2. The van der Waals surface area contributed by atoms with E-state index in [1.165, 1.54) is 32.4 Å². The summed E-state index contributed by atoms with van der Waals surface area (Å²) in [5.41, 5.74) is 0.981. The highest BCUT2D eigenvalue weighted by molar-refractivity contribution is 7.89. The van der Waals surface area contributed by atoms with Crippen LogP contribution in [-0.4, -0.2) is 28.5 Å². The van der Waals surface area contributed by atoms with Crippen LogP contribution in [0.1, 0.15) is 15.9 Å². The standard InChI is InChI=1S/C16H17ClN2O4S/c1-18-16(20)12-5-8-14(23-2)15(9-12)24(21,22)19-10-11-3-6-13(17)7-4-11/h3-9,19H,10H2,1-2H3,(H,18,20). The zero-order valence-electron chi connectivity index (χ0n) is 13.2. The van der Waals surface area contributed by atoms with Gasteiger partial charge in [0.2, 0.25) is 10.0 Å². The van der Waals surface area contributed by atoms with Gasteiger partial charge in [0, 0.05) is 24.2 Å². The maximum absolute atomic E-state index is 12.6. The molecule has 0 unspecified atom stereocenters. The number of nitrogens with one attached hydrogen (secondary N) is 2. The van der Waals surface area contributed by atoms with Gasteiger partial charge in [-0.25, -0.2) is 13.1 Å². The number of rotatable bonds is 6. The Morgan fingerprint density at radius 3 is 2.42 bits per heavy atom. The third-order valence-corrected chi connectivity index (χ3v) is 5.00. The second-order valence-corrected chi connectivity index (χ2v) is 7.07. The van der Waals surface area contributed by atoms with E-state index in [0.717, 1.165) is 5.56 Å². The average Bonchev–Trinajstić information content (AvgIpc) is 2.60. The summed E-state index contributed by atoms with van der Waals surface area (Å²) in [6.07, 6.45) is 0. The van der Waals surface area contributed by atoms with Crippen molar-refractivity contribution >= 4 is 27.5 Å². The van der Waals surface area contributed by atoms with Crippen LogP contribution in [0.15, 0.2) is 47.4 Å². The maximum atomic E-state index is 12.6. The first kappa shape index (κ1) is 18.3. The Morgan fingerprint density at radius 2 is 1.83 bits per heavy atom. The van der Waals surface area contributed by atoms with Crippen LogP contribution in [0.2, 0.25) is 5.02 Å². The molecule has 0 aliphatic carbocycles. The molecular formula is C16H17ClN2O4S. The number of carbonyl (C=O) groups excluding carboxylic acids is 1. The third-order valence-electron chi connectivity index (χ3n) is 3.32. The molecule has 2 aromatic rings. The summed E-state index contributed by atoms with van der Waals surface area (Å²) in [4.78, 5) is 11.6. The minimum atomic E-state index is -3.86. The summed E-state index contributed by atoms with van der Waals surface area (Å²) in [5.74, 6) is -0.224. The predicted molar refractivity (Wildman–Crippen MR) is 91.9 cm³/mol. The molecule has 0 aromatic heterocycles. The van der Waals surface area contributed by atoms with E-state index in [0.29, 0.717) is 5.02 Å². The Bertz CT molecular complexity index is 836. The number of amides is 1. The molecule has 2 rings (SSSR count). The van der Waals surface area contributed by atoms with Gasteiger partial charge in [0.1, 0.15) is 10.6 Å². The van der Waals surface area contributed by atoms with Crippen molar-refractivity contribution in [1.29, 1.82) is 0 Å². The van der Waals surface area contributed by atoms with Gasteiger partial charge in [-0.2, -0.15) is 0 Å². The van der Waals surface area contributed by atoms with Crippen molar-refractivity contribution in [1.82, 2.24) is 10.0 Å². The monoisotopic (exact) mass is 368 g/mol. The Hall–Kier alpha value is -2.09. The summed E-state index contributed by atoms with van der Waals surface area (Å²) in [6.45, 7) is 0.0901. The molecule has 1 amide bonds. The van der Waals surface area contributed by atoms with Crippen molar-refractivity contribution < 1.29 is 17.9 Å². The highest BCUT2D eigenvalue weighted by atomic mass is 35.5. The Kier molecular flexibility index (Phi) is 5.82. The van der Waals surface area contributed by atoms with Gasteiger partial charge in [-0.3, -0.25) is 4.79 Å². The lowest BCUT2D eigenvalue weighted by Gasteiger charge is -2.12. The van der Waals surface area contributed by atoms with E-state index < -0.39 is 10.0 Å². The molecular weight excluding hydrogens is 352 g/mol. The summed E-state index contributed by atoms with van der Waals surface area (Å²) in [5, 5.41) is 3.02. The molecule has 2 aromatic carbocycles. The largest absolute Gasteiger partial charge is 0.495 e. The van der Waals surface area contributed by atoms with Crippen LogP contribution in [-0.2, 0) is 16.6 Å². The molecule has 0 aliphatic rings. The average molecular weight is 369 g/mol. The number of sulfonamides is 1. The number of hydrogen-bond acceptors (Lipinski definition) is 4. The van der Waals surface area contributed by atoms with Crippen molar-refractivity contribution in [3.8, 4) is 5.75 Å². The summed E-state index contributed by atoms with van der Waals surface area (Å²) in [6, 6.07) is 11.0. The van der Waals surface area contributed by atoms with E-state index in [1.807, 2.05) is 0 Å². The molecule has 0 bridgehead atoms. The van der Waals surface area contributed by atoms with Crippen LogP contribution >= 0.6 is 11.6 Å². The Morgan fingerprint density at radius 1 is 1.17 bits per heavy atom. The molecule has 8 heteroatoms. The quantitative estimate of drug-likeness (QED) is 0.818.